The molecule has 0 spiro atoms. The van der Waals surface area contributed by atoms with Crippen LogP contribution in [-0.2, 0) is 14.4 Å². The molecule has 1 aromatic rings. The Labute approximate surface area is 145 Å². The van der Waals surface area contributed by atoms with E-state index >= 15 is 0 Å². The van der Waals surface area contributed by atoms with Crippen molar-refractivity contribution in [2.45, 2.75) is 31.7 Å². The molecular formula is C17H20ClN3O3. The number of nitrogens with zero attached hydrogens (tertiary/aromatic N) is 1. The van der Waals surface area contributed by atoms with Gasteiger partial charge in [0, 0.05) is 31.1 Å². The fraction of sp³-hybridized carbons (Fsp3) is 0.471. The van der Waals surface area contributed by atoms with Gasteiger partial charge in [-0.25, -0.2) is 0 Å². The highest BCUT2D eigenvalue weighted by Gasteiger charge is 2.27. The molecule has 2 aliphatic rings. The van der Waals surface area contributed by atoms with Gasteiger partial charge in [0.05, 0.1) is 10.7 Å². The molecule has 1 unspecified atom stereocenters. The first-order valence-electron chi connectivity index (χ1n) is 8.17. The molecule has 128 valence electrons. The van der Waals surface area contributed by atoms with Crippen molar-refractivity contribution in [1.29, 1.82) is 0 Å². The minimum absolute atomic E-state index is 0.158. The molecule has 2 fully saturated rings. The fourth-order valence-corrected chi connectivity index (χ4v) is 3.36. The van der Waals surface area contributed by atoms with Crippen LogP contribution in [0.25, 0.3) is 0 Å². The van der Waals surface area contributed by atoms with Crippen LogP contribution in [0.2, 0.25) is 5.02 Å². The summed E-state index contributed by atoms with van der Waals surface area (Å²) in [5.74, 6) is -0.397. The first-order chi connectivity index (χ1) is 11.6. The molecule has 0 aliphatic carbocycles. The van der Waals surface area contributed by atoms with Crippen LogP contribution in [0.3, 0.4) is 0 Å². The summed E-state index contributed by atoms with van der Waals surface area (Å²) in [7, 11) is 0. The van der Waals surface area contributed by atoms with E-state index in [0.717, 1.165) is 37.9 Å². The van der Waals surface area contributed by atoms with Crippen LogP contribution >= 0.6 is 11.6 Å². The molecule has 1 aromatic carbocycles. The standard InChI is InChI=1S/C17H20ClN3O3/c18-13-9-12(21-7-5-11(10-22)6-8-21)1-2-14(13)19-15-3-4-16(23)20-17(15)24/h1-2,9-11,15,19H,3-8H2,(H,20,23,24). The van der Waals surface area contributed by atoms with Gasteiger partial charge in [-0.05, 0) is 37.5 Å². The third-order valence-electron chi connectivity index (χ3n) is 4.62. The van der Waals surface area contributed by atoms with E-state index in [1.54, 1.807) is 0 Å². The van der Waals surface area contributed by atoms with Crippen molar-refractivity contribution in [3.05, 3.63) is 23.2 Å². The average Bonchev–Trinajstić information content (AvgIpc) is 2.59. The highest BCUT2D eigenvalue weighted by molar-refractivity contribution is 6.33. The minimum Gasteiger partial charge on any atom is -0.372 e. The van der Waals surface area contributed by atoms with Crippen molar-refractivity contribution in [2.75, 3.05) is 23.3 Å². The van der Waals surface area contributed by atoms with Crippen molar-refractivity contribution < 1.29 is 14.4 Å². The molecule has 3 rings (SSSR count). The van der Waals surface area contributed by atoms with Crippen LogP contribution in [0.5, 0.6) is 0 Å². The first kappa shape index (κ1) is 16.8. The molecule has 2 aliphatic heterocycles. The van der Waals surface area contributed by atoms with Gasteiger partial charge in [-0.2, -0.15) is 0 Å². The van der Waals surface area contributed by atoms with Crippen LogP contribution < -0.4 is 15.5 Å². The molecule has 0 saturated carbocycles. The molecule has 2 amide bonds. The Hall–Kier alpha value is -2.08. The van der Waals surface area contributed by atoms with E-state index in [0.29, 0.717) is 23.6 Å². The van der Waals surface area contributed by atoms with Gasteiger partial charge in [0.15, 0.2) is 0 Å². The van der Waals surface area contributed by atoms with E-state index in [1.165, 1.54) is 0 Å². The second-order valence-electron chi connectivity index (χ2n) is 6.27. The molecular weight excluding hydrogens is 330 g/mol. The molecule has 24 heavy (non-hydrogen) atoms. The number of halogens is 1. The van der Waals surface area contributed by atoms with Crippen molar-refractivity contribution >= 4 is 41.1 Å². The maximum atomic E-state index is 11.8. The van der Waals surface area contributed by atoms with E-state index in [-0.39, 0.29) is 17.7 Å². The van der Waals surface area contributed by atoms with E-state index in [1.807, 2.05) is 18.2 Å². The number of benzene rings is 1. The van der Waals surface area contributed by atoms with Gasteiger partial charge in [0.1, 0.15) is 12.3 Å². The summed E-state index contributed by atoms with van der Waals surface area (Å²) in [5.41, 5.74) is 1.69. The number of piperidine rings is 2. The molecule has 2 heterocycles. The van der Waals surface area contributed by atoms with Crippen LogP contribution in [-0.4, -0.2) is 37.2 Å². The average molecular weight is 350 g/mol. The number of anilines is 2. The predicted molar refractivity (Wildman–Crippen MR) is 92.2 cm³/mol. The molecule has 6 nitrogen and oxygen atoms in total. The molecule has 0 aromatic heterocycles. The predicted octanol–water partition coefficient (Wildman–Crippen LogP) is 1.97. The van der Waals surface area contributed by atoms with Gasteiger partial charge < -0.3 is 15.0 Å². The monoisotopic (exact) mass is 349 g/mol. The lowest BCUT2D eigenvalue weighted by Crippen LogP contribution is -2.47. The van der Waals surface area contributed by atoms with Gasteiger partial charge in [0.2, 0.25) is 11.8 Å². The molecule has 2 saturated heterocycles. The first-order valence-corrected chi connectivity index (χ1v) is 8.54. The van der Waals surface area contributed by atoms with Crippen LogP contribution in [0.15, 0.2) is 18.2 Å². The molecule has 7 heteroatoms. The lowest BCUT2D eigenvalue weighted by molar-refractivity contribution is -0.133. The summed E-state index contributed by atoms with van der Waals surface area (Å²) in [4.78, 5) is 36.1. The summed E-state index contributed by atoms with van der Waals surface area (Å²) in [6.45, 7) is 1.67. The van der Waals surface area contributed by atoms with E-state index in [2.05, 4.69) is 15.5 Å². The zero-order valence-electron chi connectivity index (χ0n) is 13.3. The van der Waals surface area contributed by atoms with Crippen LogP contribution in [0.4, 0.5) is 11.4 Å². The normalized spacial score (nSPS) is 22.2. The minimum atomic E-state index is -0.450. The second kappa shape index (κ2) is 7.21. The second-order valence-corrected chi connectivity index (χ2v) is 6.68. The van der Waals surface area contributed by atoms with Gasteiger partial charge in [-0.1, -0.05) is 11.6 Å². The van der Waals surface area contributed by atoms with Crippen molar-refractivity contribution in [3.8, 4) is 0 Å². The largest absolute Gasteiger partial charge is 0.372 e. The van der Waals surface area contributed by atoms with Gasteiger partial charge in [0.25, 0.3) is 0 Å². The zero-order valence-corrected chi connectivity index (χ0v) is 14.0. The smallest absolute Gasteiger partial charge is 0.249 e. The number of imide groups is 1. The summed E-state index contributed by atoms with van der Waals surface area (Å²) >= 11 is 6.36. The quantitative estimate of drug-likeness (QED) is 0.642. The Bertz CT molecular complexity index is 656. The molecule has 1 atom stereocenters. The number of carbonyl (C=O) groups is 3. The zero-order chi connectivity index (χ0) is 17.1. The summed E-state index contributed by atoms with van der Waals surface area (Å²) in [6.07, 6.45) is 3.54. The highest BCUT2D eigenvalue weighted by Crippen LogP contribution is 2.30. The topological polar surface area (TPSA) is 78.5 Å². The lowest BCUT2D eigenvalue weighted by atomic mass is 9.98. The lowest BCUT2D eigenvalue weighted by Gasteiger charge is -2.32. The number of carbonyl (C=O) groups excluding carboxylic acids is 3. The van der Waals surface area contributed by atoms with Crippen LogP contribution in [0, 0.1) is 5.92 Å². The number of nitrogens with one attached hydrogen (secondary N) is 2. The number of amides is 2. The van der Waals surface area contributed by atoms with Crippen LogP contribution in [0.1, 0.15) is 25.7 Å². The van der Waals surface area contributed by atoms with Crippen molar-refractivity contribution in [3.63, 3.8) is 0 Å². The third-order valence-corrected chi connectivity index (χ3v) is 4.93. The summed E-state index contributed by atoms with van der Waals surface area (Å²) in [5, 5.41) is 5.96. The maximum Gasteiger partial charge on any atom is 0.249 e. The molecule has 0 bridgehead atoms. The maximum absolute atomic E-state index is 11.8. The molecule has 0 radical (unpaired) electrons. The Morgan fingerprint density at radius 3 is 2.58 bits per heavy atom. The SMILES string of the molecule is O=CC1CCN(c2ccc(NC3CCC(=O)NC3=O)c(Cl)c2)CC1. The fourth-order valence-electron chi connectivity index (χ4n) is 3.13. The number of rotatable bonds is 4. The Morgan fingerprint density at radius 2 is 1.96 bits per heavy atom. The van der Waals surface area contributed by atoms with E-state index < -0.39 is 6.04 Å². The van der Waals surface area contributed by atoms with Gasteiger partial charge in [-0.3, -0.25) is 14.9 Å². The van der Waals surface area contributed by atoms with Crippen molar-refractivity contribution in [2.24, 2.45) is 5.92 Å². The highest BCUT2D eigenvalue weighted by atomic mass is 35.5. The van der Waals surface area contributed by atoms with Gasteiger partial charge in [-0.15, -0.1) is 0 Å². The number of hydrogen-bond donors (Lipinski definition) is 2. The third kappa shape index (κ3) is 3.70. The number of hydrogen-bond acceptors (Lipinski definition) is 5. The Morgan fingerprint density at radius 1 is 1.21 bits per heavy atom. The molecule has 2 N–H and O–H groups in total. The van der Waals surface area contributed by atoms with E-state index in [9.17, 15) is 14.4 Å². The van der Waals surface area contributed by atoms with Crippen molar-refractivity contribution in [1.82, 2.24) is 5.32 Å². The van der Waals surface area contributed by atoms with E-state index in [4.69, 9.17) is 11.6 Å². The Balaban J connectivity index is 1.66. The van der Waals surface area contributed by atoms with Gasteiger partial charge >= 0.3 is 0 Å². The summed E-state index contributed by atoms with van der Waals surface area (Å²) in [6, 6.07) is 5.24. The summed E-state index contributed by atoms with van der Waals surface area (Å²) < 4.78 is 0. The Kier molecular flexibility index (Phi) is 5.04. The number of aldehydes is 1.